The molecule has 2 aromatic carbocycles. The summed E-state index contributed by atoms with van der Waals surface area (Å²) in [5.74, 6) is -1.97. The van der Waals surface area contributed by atoms with Crippen molar-refractivity contribution < 1.29 is 18.3 Å². The Kier molecular flexibility index (Phi) is 5.30. The molecule has 0 unspecified atom stereocenters. The predicted molar refractivity (Wildman–Crippen MR) is 82.3 cm³/mol. The van der Waals surface area contributed by atoms with E-state index in [9.17, 15) is 13.6 Å². The van der Waals surface area contributed by atoms with Gasteiger partial charge in [-0.15, -0.1) is 0 Å². The molecule has 0 radical (unpaired) electrons. The summed E-state index contributed by atoms with van der Waals surface area (Å²) in [6.45, 7) is -0.251. The topological polar surface area (TPSA) is 38.3 Å². The molecule has 2 rings (SSSR count). The third-order valence-electron chi connectivity index (χ3n) is 2.46. The number of anilines is 1. The second kappa shape index (κ2) is 7.00. The van der Waals surface area contributed by atoms with Crippen molar-refractivity contribution in [3.05, 3.63) is 57.0 Å². The van der Waals surface area contributed by atoms with Crippen molar-refractivity contribution in [2.24, 2.45) is 0 Å². The third kappa shape index (κ3) is 4.50. The summed E-state index contributed by atoms with van der Waals surface area (Å²) in [6.07, 6.45) is 0. The van der Waals surface area contributed by atoms with Gasteiger partial charge in [0.2, 0.25) is 0 Å². The van der Waals surface area contributed by atoms with Crippen molar-refractivity contribution >= 4 is 43.5 Å². The molecule has 1 amide bonds. The van der Waals surface area contributed by atoms with E-state index in [1.807, 2.05) is 0 Å². The molecule has 1 N–H and O–H groups in total. The molecule has 3 nitrogen and oxygen atoms in total. The van der Waals surface area contributed by atoms with Crippen LogP contribution in [-0.4, -0.2) is 12.5 Å². The number of hydrogen-bond acceptors (Lipinski definition) is 2. The predicted octanol–water partition coefficient (Wildman–Crippen LogP) is 4.51. The van der Waals surface area contributed by atoms with Gasteiger partial charge >= 0.3 is 0 Å². The van der Waals surface area contributed by atoms with Crippen LogP contribution in [0, 0.1) is 11.6 Å². The number of benzene rings is 2. The molecule has 0 heterocycles. The van der Waals surface area contributed by atoms with E-state index in [4.69, 9.17) is 4.74 Å². The van der Waals surface area contributed by atoms with Crippen molar-refractivity contribution in [2.45, 2.75) is 0 Å². The van der Waals surface area contributed by atoms with Gasteiger partial charge in [-0.2, -0.15) is 0 Å². The monoisotopic (exact) mass is 419 g/mol. The summed E-state index contributed by atoms with van der Waals surface area (Å²) < 4.78 is 32.7. The molecule has 0 fully saturated rings. The van der Waals surface area contributed by atoms with Gasteiger partial charge in [0.05, 0.1) is 4.47 Å². The molecule has 0 spiro atoms. The van der Waals surface area contributed by atoms with Crippen LogP contribution in [0.25, 0.3) is 0 Å². The lowest BCUT2D eigenvalue weighted by Gasteiger charge is -2.09. The standard InChI is InChI=1S/C14H9Br2F2NO2/c15-8-1-4-13(10(16)5-8)21-7-14(20)19-9-2-3-11(17)12(18)6-9/h1-6H,7H2,(H,19,20). The van der Waals surface area contributed by atoms with Crippen LogP contribution in [0.1, 0.15) is 0 Å². The van der Waals surface area contributed by atoms with Crippen LogP contribution < -0.4 is 10.1 Å². The largest absolute Gasteiger partial charge is 0.483 e. The Balaban J connectivity index is 1.94. The first-order valence-corrected chi connectivity index (χ1v) is 7.37. The van der Waals surface area contributed by atoms with E-state index in [1.165, 1.54) is 6.07 Å². The van der Waals surface area contributed by atoms with Crippen molar-refractivity contribution in [3.8, 4) is 5.75 Å². The molecule has 0 aromatic heterocycles. The minimum Gasteiger partial charge on any atom is -0.483 e. The number of rotatable bonds is 4. The summed E-state index contributed by atoms with van der Waals surface area (Å²) in [4.78, 5) is 11.7. The number of halogens is 4. The van der Waals surface area contributed by atoms with Gasteiger partial charge in [0, 0.05) is 16.2 Å². The number of amides is 1. The smallest absolute Gasteiger partial charge is 0.262 e. The third-order valence-corrected chi connectivity index (χ3v) is 3.57. The molecule has 7 heteroatoms. The van der Waals surface area contributed by atoms with E-state index in [1.54, 1.807) is 18.2 Å². The fourth-order valence-corrected chi connectivity index (χ4v) is 2.67. The first kappa shape index (κ1) is 15.9. The van der Waals surface area contributed by atoms with Gasteiger partial charge in [0.15, 0.2) is 18.2 Å². The second-order valence-corrected chi connectivity index (χ2v) is 5.81. The molecular weight excluding hydrogens is 412 g/mol. The Morgan fingerprint density at radius 1 is 1.10 bits per heavy atom. The Morgan fingerprint density at radius 2 is 1.86 bits per heavy atom. The van der Waals surface area contributed by atoms with Crippen molar-refractivity contribution in [2.75, 3.05) is 11.9 Å². The van der Waals surface area contributed by atoms with Gasteiger partial charge in [-0.1, -0.05) is 15.9 Å². The van der Waals surface area contributed by atoms with E-state index >= 15 is 0 Å². The second-order valence-electron chi connectivity index (χ2n) is 4.04. The van der Waals surface area contributed by atoms with Gasteiger partial charge in [-0.25, -0.2) is 8.78 Å². The van der Waals surface area contributed by atoms with Gasteiger partial charge in [0.25, 0.3) is 5.91 Å². The summed E-state index contributed by atoms with van der Waals surface area (Å²) in [5, 5.41) is 2.42. The number of ether oxygens (including phenoxy) is 1. The zero-order chi connectivity index (χ0) is 15.4. The number of carbonyl (C=O) groups is 1. The number of carbonyl (C=O) groups excluding carboxylic acids is 1. The Hall–Kier alpha value is -1.47. The highest BCUT2D eigenvalue weighted by Crippen LogP contribution is 2.28. The van der Waals surface area contributed by atoms with Crippen molar-refractivity contribution in [3.63, 3.8) is 0 Å². The maximum Gasteiger partial charge on any atom is 0.262 e. The molecule has 0 aliphatic heterocycles. The molecule has 0 saturated carbocycles. The highest BCUT2D eigenvalue weighted by Gasteiger charge is 2.08. The molecule has 0 bridgehead atoms. The molecule has 0 aliphatic rings. The van der Waals surface area contributed by atoms with Crippen LogP contribution in [0.2, 0.25) is 0 Å². The van der Waals surface area contributed by atoms with Crippen LogP contribution in [0.3, 0.4) is 0 Å². The van der Waals surface area contributed by atoms with Gasteiger partial charge in [-0.05, 0) is 46.3 Å². The Bertz CT molecular complexity index is 680. The average molecular weight is 421 g/mol. The van der Waals surface area contributed by atoms with Crippen molar-refractivity contribution in [1.82, 2.24) is 0 Å². The summed E-state index contributed by atoms with van der Waals surface area (Å²) in [7, 11) is 0. The van der Waals surface area contributed by atoms with E-state index in [0.717, 1.165) is 16.6 Å². The van der Waals surface area contributed by atoms with Crippen LogP contribution in [0.4, 0.5) is 14.5 Å². The maximum atomic E-state index is 13.0. The van der Waals surface area contributed by atoms with Gasteiger partial charge in [0.1, 0.15) is 5.75 Å². The highest BCUT2D eigenvalue weighted by molar-refractivity contribution is 9.11. The SMILES string of the molecule is O=C(COc1ccc(Br)cc1Br)Nc1ccc(F)c(F)c1. The zero-order valence-corrected chi connectivity index (χ0v) is 13.7. The highest BCUT2D eigenvalue weighted by atomic mass is 79.9. The van der Waals surface area contributed by atoms with Crippen molar-refractivity contribution in [1.29, 1.82) is 0 Å². The van der Waals surface area contributed by atoms with E-state index in [2.05, 4.69) is 37.2 Å². The average Bonchev–Trinajstić information content (AvgIpc) is 2.42. The minimum atomic E-state index is -1.02. The van der Waals surface area contributed by atoms with E-state index < -0.39 is 17.5 Å². The molecule has 110 valence electrons. The Morgan fingerprint density at radius 3 is 2.52 bits per heavy atom. The van der Waals surface area contributed by atoms with Crippen LogP contribution in [0.5, 0.6) is 5.75 Å². The molecule has 0 aliphatic carbocycles. The van der Waals surface area contributed by atoms with Crippen LogP contribution in [-0.2, 0) is 4.79 Å². The fourth-order valence-electron chi connectivity index (χ4n) is 1.51. The number of hydrogen-bond donors (Lipinski definition) is 1. The maximum absolute atomic E-state index is 13.0. The van der Waals surface area contributed by atoms with E-state index in [-0.39, 0.29) is 12.3 Å². The summed E-state index contributed by atoms with van der Waals surface area (Å²) >= 11 is 6.61. The first-order chi connectivity index (χ1) is 9.95. The lowest BCUT2D eigenvalue weighted by atomic mass is 10.3. The van der Waals surface area contributed by atoms with Crippen LogP contribution >= 0.6 is 31.9 Å². The first-order valence-electron chi connectivity index (χ1n) is 5.78. The van der Waals surface area contributed by atoms with Crippen LogP contribution in [0.15, 0.2) is 45.3 Å². The van der Waals surface area contributed by atoms with Gasteiger partial charge < -0.3 is 10.1 Å². The number of nitrogens with one attached hydrogen (secondary N) is 1. The zero-order valence-electron chi connectivity index (χ0n) is 10.5. The fraction of sp³-hybridized carbons (Fsp3) is 0.0714. The summed E-state index contributed by atoms with van der Waals surface area (Å²) in [5.41, 5.74) is 0.164. The quantitative estimate of drug-likeness (QED) is 0.790. The molecule has 0 atom stereocenters. The van der Waals surface area contributed by atoms with Gasteiger partial charge in [-0.3, -0.25) is 4.79 Å². The lowest BCUT2D eigenvalue weighted by Crippen LogP contribution is -2.20. The van der Waals surface area contributed by atoms with E-state index in [0.29, 0.717) is 10.2 Å². The molecule has 21 heavy (non-hydrogen) atoms. The normalized spacial score (nSPS) is 10.3. The minimum absolute atomic E-state index is 0.164. The molecular formula is C14H9Br2F2NO2. The molecule has 0 saturated heterocycles. The summed E-state index contributed by atoms with van der Waals surface area (Å²) in [6, 6.07) is 8.36. The lowest BCUT2D eigenvalue weighted by molar-refractivity contribution is -0.118. The molecule has 2 aromatic rings. The Labute approximate surface area is 136 Å².